The summed E-state index contributed by atoms with van der Waals surface area (Å²) in [7, 11) is 1.51. The summed E-state index contributed by atoms with van der Waals surface area (Å²) in [6.45, 7) is 7.04. The summed E-state index contributed by atoms with van der Waals surface area (Å²) in [5, 5.41) is 3.07. The lowest BCUT2D eigenvalue weighted by atomic mass is 10.0. The van der Waals surface area contributed by atoms with Crippen LogP contribution in [-0.4, -0.2) is 74.3 Å². The molecule has 0 aliphatic heterocycles. The highest BCUT2D eigenvalue weighted by Crippen LogP contribution is 2.43. The second-order valence-electron chi connectivity index (χ2n) is 25.0. The van der Waals surface area contributed by atoms with Crippen LogP contribution in [0.3, 0.4) is 0 Å². The zero-order valence-corrected chi connectivity index (χ0v) is 55.0. The smallest absolute Gasteiger partial charge is 0.456 e. The maximum Gasteiger partial charge on any atom is 0.472 e. The number of ether oxygens (including phenoxy) is 1. The predicted molar refractivity (Wildman–Crippen MR) is 346 cm³/mol. The second kappa shape index (κ2) is 60.4. The maximum absolute atomic E-state index is 13.6. The molecule has 3 atom stereocenters. The monoisotopic (exact) mass is 1150 g/mol. The SMILES string of the molecule is CCCCCC/C=C\CCCCCCCCCC(=O)OC(/C=C\CCCCCCCCCCCC)C(COP(=O)(O)OCC[N+](C)(C)C)NC(=O)CCCCCCCCCCCCCCCCCCC/C=C/CCCCCCCC. The Hall–Kier alpha value is -1.77. The number of hydrogen-bond acceptors (Lipinski definition) is 6. The molecule has 0 spiro atoms. The number of amides is 1. The number of allylic oxidation sites excluding steroid dienone is 5. The van der Waals surface area contributed by atoms with Gasteiger partial charge in [-0.2, -0.15) is 0 Å². The zero-order valence-electron chi connectivity index (χ0n) is 54.1. The van der Waals surface area contributed by atoms with Gasteiger partial charge in [0.25, 0.3) is 0 Å². The van der Waals surface area contributed by atoms with Gasteiger partial charge in [-0.05, 0) is 83.1 Å². The Balaban J connectivity index is 4.98. The Kier molecular flexibility index (Phi) is 59.0. The first-order chi connectivity index (χ1) is 38.9. The Morgan fingerprint density at radius 2 is 0.725 bits per heavy atom. The largest absolute Gasteiger partial charge is 0.472 e. The quantitative estimate of drug-likeness (QED) is 0.0205. The summed E-state index contributed by atoms with van der Waals surface area (Å²) < 4.78 is 30.8. The van der Waals surface area contributed by atoms with Gasteiger partial charge in [0.05, 0.1) is 33.8 Å². The molecule has 9 nitrogen and oxygen atoms in total. The first-order valence-electron chi connectivity index (χ1n) is 34.8. The molecule has 0 aliphatic rings. The van der Waals surface area contributed by atoms with Crippen molar-refractivity contribution in [1.82, 2.24) is 5.32 Å². The first-order valence-corrected chi connectivity index (χ1v) is 36.3. The summed E-state index contributed by atoms with van der Waals surface area (Å²) in [6, 6.07) is -0.847. The molecule has 10 heteroatoms. The van der Waals surface area contributed by atoms with Gasteiger partial charge in [0.1, 0.15) is 19.3 Å². The molecule has 80 heavy (non-hydrogen) atoms. The third-order valence-electron chi connectivity index (χ3n) is 15.8. The molecule has 1 amide bonds. The van der Waals surface area contributed by atoms with Gasteiger partial charge < -0.3 is 19.4 Å². The van der Waals surface area contributed by atoms with Crippen molar-refractivity contribution in [3.05, 3.63) is 36.5 Å². The van der Waals surface area contributed by atoms with Crippen molar-refractivity contribution in [3.63, 3.8) is 0 Å². The molecule has 0 bridgehead atoms. The topological polar surface area (TPSA) is 111 Å². The number of nitrogens with zero attached hydrogens (tertiary/aromatic N) is 1. The molecule has 0 rings (SSSR count). The van der Waals surface area contributed by atoms with E-state index >= 15 is 0 Å². The number of nitrogens with one attached hydrogen (secondary N) is 1. The highest BCUT2D eigenvalue weighted by molar-refractivity contribution is 7.47. The van der Waals surface area contributed by atoms with E-state index in [0.717, 1.165) is 57.8 Å². The van der Waals surface area contributed by atoms with Gasteiger partial charge in [0, 0.05) is 12.8 Å². The lowest BCUT2D eigenvalue weighted by Gasteiger charge is -2.27. The third kappa shape index (κ3) is 60.8. The van der Waals surface area contributed by atoms with Crippen LogP contribution in [0.25, 0.3) is 0 Å². The number of carbonyl (C=O) groups excluding carboxylic acids is 2. The summed E-state index contributed by atoms with van der Waals surface area (Å²) in [5.41, 5.74) is 0. The van der Waals surface area contributed by atoms with Gasteiger partial charge >= 0.3 is 13.8 Å². The number of phosphoric acid groups is 1. The van der Waals surface area contributed by atoms with Crippen molar-refractivity contribution in [2.24, 2.45) is 0 Å². The molecular weight excluding hydrogens is 1010 g/mol. The molecule has 0 radical (unpaired) electrons. The molecule has 3 unspecified atom stereocenters. The van der Waals surface area contributed by atoms with E-state index in [9.17, 15) is 19.0 Å². The molecule has 0 fully saturated rings. The number of likely N-dealkylation sites (N-methyl/N-ethyl adjacent to an activating group) is 1. The van der Waals surface area contributed by atoms with Crippen molar-refractivity contribution in [3.8, 4) is 0 Å². The molecular formula is C70H136N2O7P+. The number of rotatable bonds is 64. The van der Waals surface area contributed by atoms with E-state index in [1.807, 2.05) is 33.3 Å². The highest BCUT2D eigenvalue weighted by Gasteiger charge is 2.30. The normalized spacial score (nSPS) is 13.7. The van der Waals surface area contributed by atoms with Crippen LogP contribution in [0.4, 0.5) is 0 Å². The fourth-order valence-electron chi connectivity index (χ4n) is 10.4. The Morgan fingerprint density at radius 3 is 1.07 bits per heavy atom. The van der Waals surface area contributed by atoms with Crippen LogP contribution >= 0.6 is 7.82 Å². The van der Waals surface area contributed by atoms with E-state index in [4.69, 9.17) is 13.8 Å². The van der Waals surface area contributed by atoms with E-state index in [-0.39, 0.29) is 31.5 Å². The van der Waals surface area contributed by atoms with E-state index in [2.05, 4.69) is 50.4 Å². The molecule has 0 saturated carbocycles. The maximum atomic E-state index is 13.6. The van der Waals surface area contributed by atoms with Crippen LogP contribution < -0.4 is 5.32 Å². The Labute approximate surface area is 497 Å². The molecule has 0 aliphatic carbocycles. The van der Waals surface area contributed by atoms with Crippen LogP contribution in [0.1, 0.15) is 348 Å². The molecule has 0 heterocycles. The zero-order chi connectivity index (χ0) is 58.6. The van der Waals surface area contributed by atoms with Crippen molar-refractivity contribution < 1.29 is 37.3 Å². The first kappa shape index (κ1) is 78.2. The van der Waals surface area contributed by atoms with Crippen molar-refractivity contribution >= 4 is 19.7 Å². The van der Waals surface area contributed by atoms with Crippen molar-refractivity contribution in [2.75, 3.05) is 40.9 Å². The van der Waals surface area contributed by atoms with E-state index < -0.39 is 20.0 Å². The van der Waals surface area contributed by atoms with Gasteiger partial charge in [0.15, 0.2) is 0 Å². The number of hydrogen-bond donors (Lipinski definition) is 2. The molecule has 0 aromatic rings. The molecule has 0 aromatic heterocycles. The minimum absolute atomic E-state index is 0.0421. The molecule has 0 aromatic carbocycles. The van der Waals surface area contributed by atoms with Crippen LogP contribution in [0, 0.1) is 0 Å². The van der Waals surface area contributed by atoms with Gasteiger partial charge in [-0.3, -0.25) is 18.6 Å². The Bertz CT molecular complexity index is 1460. The van der Waals surface area contributed by atoms with Crippen LogP contribution in [0.2, 0.25) is 0 Å². The van der Waals surface area contributed by atoms with Gasteiger partial charge in [-0.15, -0.1) is 0 Å². The lowest BCUT2D eigenvalue weighted by Crippen LogP contribution is -2.47. The van der Waals surface area contributed by atoms with E-state index in [1.54, 1.807) is 0 Å². The highest BCUT2D eigenvalue weighted by atomic mass is 31.2. The minimum Gasteiger partial charge on any atom is -0.456 e. The van der Waals surface area contributed by atoms with Crippen molar-refractivity contribution in [1.29, 1.82) is 0 Å². The van der Waals surface area contributed by atoms with E-state index in [1.165, 1.54) is 257 Å². The second-order valence-corrected chi connectivity index (χ2v) is 26.5. The summed E-state index contributed by atoms with van der Waals surface area (Å²) in [4.78, 5) is 37.8. The summed E-state index contributed by atoms with van der Waals surface area (Å²) in [5.74, 6) is -0.494. The number of esters is 1. The third-order valence-corrected chi connectivity index (χ3v) is 16.8. The molecule has 0 saturated heterocycles. The van der Waals surface area contributed by atoms with Crippen LogP contribution in [0.15, 0.2) is 36.5 Å². The van der Waals surface area contributed by atoms with Crippen LogP contribution in [0.5, 0.6) is 0 Å². The fraction of sp³-hybridized carbons (Fsp3) is 0.886. The lowest BCUT2D eigenvalue weighted by molar-refractivity contribution is -0.870. The number of carbonyl (C=O) groups is 2. The standard InChI is InChI=1S/C70H135N2O7P/c1-7-10-13-16-19-22-25-28-30-31-32-33-34-35-36-37-38-39-40-41-43-44-47-50-53-56-59-62-69(73)71-67(66-78-80(75,76)77-65-64-72(4,5)6)68(61-58-55-52-49-46-27-24-21-18-15-12-9-3)79-70(74)63-60-57-54-51-48-45-42-29-26-23-20-17-14-11-8-2/h23,26,28,30,58,61,67-68H,7-22,24-25,27,29,31-57,59-60,62-66H2,1-6H3,(H-,71,73,75,76)/p+1/b26-23-,30-28+,61-58-. The van der Waals surface area contributed by atoms with Crippen molar-refractivity contribution in [2.45, 2.75) is 360 Å². The minimum atomic E-state index is -4.45. The molecule has 2 N–H and O–H groups in total. The number of quaternary nitrogens is 1. The molecule has 472 valence electrons. The van der Waals surface area contributed by atoms with Gasteiger partial charge in [-0.1, -0.05) is 289 Å². The fourth-order valence-corrected chi connectivity index (χ4v) is 11.1. The van der Waals surface area contributed by atoms with Gasteiger partial charge in [-0.25, -0.2) is 4.57 Å². The average molecular weight is 1150 g/mol. The summed E-state index contributed by atoms with van der Waals surface area (Å²) >= 11 is 0. The number of phosphoric ester groups is 1. The van der Waals surface area contributed by atoms with E-state index in [0.29, 0.717) is 17.4 Å². The Morgan fingerprint density at radius 1 is 0.425 bits per heavy atom. The predicted octanol–water partition coefficient (Wildman–Crippen LogP) is 21.8. The van der Waals surface area contributed by atoms with Crippen LogP contribution in [-0.2, 0) is 27.9 Å². The number of unbranched alkanes of at least 4 members (excludes halogenated alkanes) is 44. The summed E-state index contributed by atoms with van der Waals surface area (Å²) in [6.07, 6.45) is 74.4. The van der Waals surface area contributed by atoms with Gasteiger partial charge in [0.2, 0.25) is 5.91 Å². The average Bonchev–Trinajstić information content (AvgIpc) is 3.43.